The van der Waals surface area contributed by atoms with Gasteiger partial charge >= 0.3 is 12.5 Å². The van der Waals surface area contributed by atoms with Crippen LogP contribution in [0.1, 0.15) is 44.9 Å². The summed E-state index contributed by atoms with van der Waals surface area (Å²) in [6.07, 6.45) is -4.15. The number of ether oxygens (including phenoxy) is 2. The third-order valence-electron chi connectivity index (χ3n) is 10.0. The summed E-state index contributed by atoms with van der Waals surface area (Å²) in [5.41, 5.74) is 0. The molecule has 0 spiro atoms. The molecule has 0 aromatic rings. The number of likely N-dealkylation sites (N-methyl/N-ethyl adjacent to an activating group) is 2. The van der Waals surface area contributed by atoms with Crippen molar-refractivity contribution < 1.29 is 31.4 Å². The Morgan fingerprint density at radius 2 is 1.74 bits per heavy atom. The summed E-state index contributed by atoms with van der Waals surface area (Å²) in [6.45, 7) is 1.28. The van der Waals surface area contributed by atoms with Crippen LogP contribution in [-0.4, -0.2) is 110 Å². The SMILES string of the molecule is CN1CC(C(F)(F)F)NC1C1CCC(CN2C(=N)N(C)C3CNC(C4CCCC5OC(F)(F)OC54)NC32)CC1. The van der Waals surface area contributed by atoms with Crippen molar-refractivity contribution in [3.8, 4) is 0 Å². The van der Waals surface area contributed by atoms with Gasteiger partial charge in [-0.25, -0.2) is 0 Å². The number of alkyl halides is 5. The highest BCUT2D eigenvalue weighted by atomic mass is 19.4. The molecule has 4 heterocycles. The molecule has 14 heteroatoms. The third kappa shape index (κ3) is 5.25. The van der Waals surface area contributed by atoms with E-state index >= 15 is 0 Å². The van der Waals surface area contributed by atoms with Crippen molar-refractivity contribution in [3.63, 3.8) is 0 Å². The molecule has 9 nitrogen and oxygen atoms in total. The molecule has 0 aromatic heterocycles. The van der Waals surface area contributed by atoms with E-state index in [1.54, 1.807) is 11.9 Å². The first kappa shape index (κ1) is 27.8. The molecule has 2 aliphatic carbocycles. The lowest BCUT2D eigenvalue weighted by molar-refractivity contribution is -0.352. The maximum absolute atomic E-state index is 13.9. The molecule has 6 aliphatic rings. The molecule has 2 saturated carbocycles. The number of hydrogen-bond donors (Lipinski definition) is 4. The minimum Gasteiger partial charge on any atom is -0.338 e. The molecule has 222 valence electrons. The predicted octanol–water partition coefficient (Wildman–Crippen LogP) is 2.11. The van der Waals surface area contributed by atoms with Crippen molar-refractivity contribution in [2.75, 3.05) is 33.7 Å². The molecular weight excluding hydrogens is 525 g/mol. The van der Waals surface area contributed by atoms with E-state index < -0.39 is 30.7 Å². The second-order valence-corrected chi connectivity index (χ2v) is 12.4. The molecule has 0 aromatic carbocycles. The van der Waals surface area contributed by atoms with Crippen LogP contribution < -0.4 is 16.0 Å². The Morgan fingerprint density at radius 1 is 1.00 bits per heavy atom. The quantitative estimate of drug-likeness (QED) is 0.386. The fourth-order valence-electron chi connectivity index (χ4n) is 7.94. The second kappa shape index (κ2) is 10.2. The zero-order valence-corrected chi connectivity index (χ0v) is 22.4. The van der Waals surface area contributed by atoms with Crippen LogP contribution in [0.2, 0.25) is 0 Å². The lowest BCUT2D eigenvalue weighted by Gasteiger charge is -2.45. The number of nitrogens with zero attached hydrogens (tertiary/aromatic N) is 3. The first-order valence-corrected chi connectivity index (χ1v) is 14.2. The number of guanidine groups is 1. The van der Waals surface area contributed by atoms with Crippen molar-refractivity contribution in [1.29, 1.82) is 5.41 Å². The zero-order valence-electron chi connectivity index (χ0n) is 22.4. The number of nitrogens with one attached hydrogen (secondary N) is 4. The van der Waals surface area contributed by atoms with Crippen LogP contribution in [0.25, 0.3) is 0 Å². The van der Waals surface area contributed by atoms with E-state index in [1.807, 2.05) is 11.9 Å². The third-order valence-corrected chi connectivity index (χ3v) is 10.0. The van der Waals surface area contributed by atoms with Gasteiger partial charge in [-0.3, -0.25) is 35.7 Å². The van der Waals surface area contributed by atoms with E-state index in [1.165, 1.54) is 0 Å². The summed E-state index contributed by atoms with van der Waals surface area (Å²) < 4.78 is 77.3. The standard InChI is InChI=1S/C25H40F5N7O2/c1-35-12-18(24(26,27)28)33-21(35)14-8-6-13(7-9-14)11-37-22-16(36(2)23(37)31)10-32-20(34-22)15-4-3-5-17-19(15)39-25(29,30)38-17/h13-22,31-34H,3-12H2,1-2H3. The molecule has 4 saturated heterocycles. The summed E-state index contributed by atoms with van der Waals surface area (Å²) >= 11 is 0. The van der Waals surface area contributed by atoms with Crippen molar-refractivity contribution in [2.24, 2.45) is 17.8 Å². The van der Waals surface area contributed by atoms with E-state index in [2.05, 4.69) is 20.9 Å². The summed E-state index contributed by atoms with van der Waals surface area (Å²) in [6, 6.07) is -1.45. The summed E-state index contributed by atoms with van der Waals surface area (Å²) in [7, 11) is 3.67. The molecule has 6 rings (SSSR count). The van der Waals surface area contributed by atoms with Crippen LogP contribution in [0.4, 0.5) is 22.0 Å². The van der Waals surface area contributed by atoms with Gasteiger partial charge in [-0.2, -0.15) is 13.2 Å². The topological polar surface area (TPSA) is 88.1 Å². The fraction of sp³-hybridized carbons (Fsp3) is 0.960. The molecule has 4 aliphatic heterocycles. The second-order valence-electron chi connectivity index (χ2n) is 12.4. The lowest BCUT2D eigenvalue weighted by atomic mass is 9.80. The zero-order chi connectivity index (χ0) is 27.7. The first-order chi connectivity index (χ1) is 18.4. The summed E-state index contributed by atoms with van der Waals surface area (Å²) in [5, 5.41) is 18.7. The van der Waals surface area contributed by atoms with Gasteiger partial charge < -0.3 is 9.80 Å². The predicted molar refractivity (Wildman–Crippen MR) is 132 cm³/mol. The first-order valence-electron chi connectivity index (χ1n) is 14.2. The minimum absolute atomic E-state index is 0.0211. The number of hydrogen-bond acceptors (Lipinski definition) is 7. The van der Waals surface area contributed by atoms with Crippen molar-refractivity contribution in [3.05, 3.63) is 0 Å². The van der Waals surface area contributed by atoms with Gasteiger partial charge in [-0.15, -0.1) is 8.78 Å². The Morgan fingerprint density at radius 3 is 2.44 bits per heavy atom. The van der Waals surface area contributed by atoms with Gasteiger partial charge in [0.25, 0.3) is 0 Å². The van der Waals surface area contributed by atoms with Crippen molar-refractivity contribution in [1.82, 2.24) is 30.7 Å². The minimum atomic E-state index is -4.24. The highest BCUT2D eigenvalue weighted by molar-refractivity contribution is 5.80. The van der Waals surface area contributed by atoms with Crippen molar-refractivity contribution in [2.45, 2.75) is 100 Å². The smallest absolute Gasteiger partial charge is 0.338 e. The van der Waals surface area contributed by atoms with Gasteiger partial charge in [0.2, 0.25) is 0 Å². The highest BCUT2D eigenvalue weighted by Crippen LogP contribution is 2.43. The van der Waals surface area contributed by atoms with Crippen LogP contribution in [0.3, 0.4) is 0 Å². The van der Waals surface area contributed by atoms with Gasteiger partial charge in [-0.1, -0.05) is 6.42 Å². The Labute approximate surface area is 225 Å². The van der Waals surface area contributed by atoms with Gasteiger partial charge in [0.05, 0.1) is 30.6 Å². The van der Waals surface area contributed by atoms with Crippen LogP contribution in [0.15, 0.2) is 0 Å². The molecule has 8 atom stereocenters. The van der Waals surface area contributed by atoms with E-state index in [9.17, 15) is 22.0 Å². The van der Waals surface area contributed by atoms with Crippen LogP contribution >= 0.6 is 0 Å². The van der Waals surface area contributed by atoms with Crippen LogP contribution in [0.5, 0.6) is 0 Å². The molecule has 39 heavy (non-hydrogen) atoms. The number of halogens is 5. The summed E-state index contributed by atoms with van der Waals surface area (Å²) in [5.74, 6) is 0.755. The average molecular weight is 566 g/mol. The highest BCUT2D eigenvalue weighted by Gasteiger charge is 2.56. The van der Waals surface area contributed by atoms with Gasteiger partial charge in [0.15, 0.2) is 5.96 Å². The van der Waals surface area contributed by atoms with E-state index in [0.717, 1.165) is 38.5 Å². The summed E-state index contributed by atoms with van der Waals surface area (Å²) in [4.78, 5) is 5.83. The number of fused-ring (bicyclic) bond motifs is 2. The van der Waals surface area contributed by atoms with Gasteiger partial charge in [0.1, 0.15) is 12.2 Å². The Hall–Kier alpha value is -1.32. The molecule has 0 radical (unpaired) electrons. The van der Waals surface area contributed by atoms with E-state index in [0.29, 0.717) is 31.4 Å². The largest absolute Gasteiger partial charge is 0.486 e. The van der Waals surface area contributed by atoms with Crippen LogP contribution in [0, 0.1) is 23.2 Å². The molecule has 8 unspecified atom stereocenters. The Balaban J connectivity index is 1.07. The van der Waals surface area contributed by atoms with E-state index in [4.69, 9.17) is 14.9 Å². The van der Waals surface area contributed by atoms with E-state index in [-0.39, 0.29) is 42.9 Å². The van der Waals surface area contributed by atoms with Gasteiger partial charge in [0, 0.05) is 32.6 Å². The Kier molecular flexibility index (Phi) is 7.27. The number of rotatable bonds is 4. The Bertz CT molecular complexity index is 920. The lowest BCUT2D eigenvalue weighted by Crippen LogP contribution is -2.68. The van der Waals surface area contributed by atoms with Gasteiger partial charge in [-0.05, 0) is 57.4 Å². The normalized spacial score (nSPS) is 45.1. The fourth-order valence-corrected chi connectivity index (χ4v) is 7.94. The molecule has 4 N–H and O–H groups in total. The molecule has 0 bridgehead atoms. The molecule has 6 fully saturated rings. The molecular formula is C25H40F5N7O2. The molecule has 0 amide bonds. The van der Waals surface area contributed by atoms with Crippen molar-refractivity contribution >= 4 is 5.96 Å². The monoisotopic (exact) mass is 565 g/mol. The maximum atomic E-state index is 13.9. The maximum Gasteiger partial charge on any atom is 0.486 e. The van der Waals surface area contributed by atoms with Crippen LogP contribution in [-0.2, 0) is 9.47 Å². The average Bonchev–Trinajstić information content (AvgIpc) is 3.50.